The molecular formula is C15H23N5O3. The molecular weight excluding hydrogens is 298 g/mol. The molecule has 1 aliphatic rings. The Bertz CT molecular complexity index is 809. The molecule has 3 rings (SSSR count). The van der Waals surface area contributed by atoms with Gasteiger partial charge in [0.25, 0.3) is 5.56 Å². The SMILES string of the molecule is C[C@@H](O)Cn1c(N2CCCCCC2)nc2c1c(=O)[nH]c(=O)n2C. The molecule has 8 heteroatoms. The Hall–Kier alpha value is -2.09. The van der Waals surface area contributed by atoms with Crippen molar-refractivity contribution in [3.8, 4) is 0 Å². The molecule has 0 aromatic carbocycles. The van der Waals surface area contributed by atoms with E-state index in [0.29, 0.717) is 17.1 Å². The number of aliphatic hydroxyl groups excluding tert-OH is 1. The molecule has 2 aromatic rings. The van der Waals surface area contributed by atoms with Gasteiger partial charge in [0.2, 0.25) is 5.95 Å². The van der Waals surface area contributed by atoms with Crippen molar-refractivity contribution >= 4 is 17.1 Å². The first kappa shape index (κ1) is 15.8. The molecule has 0 unspecified atom stereocenters. The van der Waals surface area contributed by atoms with Crippen LogP contribution in [0.3, 0.4) is 0 Å². The Morgan fingerprint density at radius 3 is 2.48 bits per heavy atom. The molecule has 1 fully saturated rings. The van der Waals surface area contributed by atoms with E-state index < -0.39 is 17.4 Å². The van der Waals surface area contributed by atoms with Crippen LogP contribution in [-0.2, 0) is 13.6 Å². The van der Waals surface area contributed by atoms with E-state index in [0.717, 1.165) is 25.9 Å². The van der Waals surface area contributed by atoms with Crippen LogP contribution in [0.25, 0.3) is 11.2 Å². The molecule has 1 saturated heterocycles. The molecule has 2 aromatic heterocycles. The number of anilines is 1. The molecule has 0 bridgehead atoms. The fraction of sp³-hybridized carbons (Fsp3) is 0.667. The summed E-state index contributed by atoms with van der Waals surface area (Å²) in [7, 11) is 1.59. The first-order chi connectivity index (χ1) is 11.0. The van der Waals surface area contributed by atoms with E-state index in [1.165, 1.54) is 17.4 Å². The fourth-order valence-electron chi connectivity index (χ4n) is 3.17. The summed E-state index contributed by atoms with van der Waals surface area (Å²) in [5, 5.41) is 9.83. The van der Waals surface area contributed by atoms with Gasteiger partial charge in [-0.05, 0) is 19.8 Å². The normalized spacial score (nSPS) is 17.4. The summed E-state index contributed by atoms with van der Waals surface area (Å²) >= 11 is 0. The van der Waals surface area contributed by atoms with Crippen LogP contribution in [-0.4, -0.2) is 43.4 Å². The summed E-state index contributed by atoms with van der Waals surface area (Å²) in [6, 6.07) is 0. The maximum absolute atomic E-state index is 12.3. The van der Waals surface area contributed by atoms with E-state index in [2.05, 4.69) is 14.9 Å². The second-order valence-electron chi connectivity index (χ2n) is 6.26. The Kier molecular flexibility index (Phi) is 4.25. The van der Waals surface area contributed by atoms with Gasteiger partial charge in [0.1, 0.15) is 0 Å². The van der Waals surface area contributed by atoms with Gasteiger partial charge >= 0.3 is 5.69 Å². The highest BCUT2D eigenvalue weighted by molar-refractivity contribution is 5.74. The third-order valence-electron chi connectivity index (χ3n) is 4.32. The molecule has 126 valence electrons. The molecule has 23 heavy (non-hydrogen) atoms. The third kappa shape index (κ3) is 2.90. The van der Waals surface area contributed by atoms with Crippen LogP contribution in [0.2, 0.25) is 0 Å². The second kappa shape index (κ2) is 6.19. The van der Waals surface area contributed by atoms with Crippen LogP contribution in [0, 0.1) is 0 Å². The Morgan fingerprint density at radius 2 is 1.87 bits per heavy atom. The molecule has 0 radical (unpaired) electrons. The van der Waals surface area contributed by atoms with E-state index in [1.54, 1.807) is 18.5 Å². The smallest absolute Gasteiger partial charge is 0.329 e. The third-order valence-corrected chi connectivity index (χ3v) is 4.32. The zero-order chi connectivity index (χ0) is 16.6. The molecule has 0 spiro atoms. The zero-order valence-electron chi connectivity index (χ0n) is 13.6. The van der Waals surface area contributed by atoms with Gasteiger partial charge in [-0.1, -0.05) is 12.8 Å². The number of nitrogens with one attached hydrogen (secondary N) is 1. The van der Waals surface area contributed by atoms with E-state index in [1.807, 2.05) is 0 Å². The summed E-state index contributed by atoms with van der Waals surface area (Å²) in [6.45, 7) is 3.68. The van der Waals surface area contributed by atoms with Crippen molar-refractivity contribution < 1.29 is 5.11 Å². The number of hydrogen-bond acceptors (Lipinski definition) is 5. The van der Waals surface area contributed by atoms with Crippen molar-refractivity contribution in [2.24, 2.45) is 7.05 Å². The molecule has 1 atom stereocenters. The molecule has 1 aliphatic heterocycles. The van der Waals surface area contributed by atoms with Gasteiger partial charge in [0.05, 0.1) is 12.6 Å². The van der Waals surface area contributed by atoms with Crippen LogP contribution >= 0.6 is 0 Å². The number of imidazole rings is 1. The van der Waals surface area contributed by atoms with Crippen molar-refractivity contribution in [3.63, 3.8) is 0 Å². The van der Waals surface area contributed by atoms with Crippen molar-refractivity contribution in [2.75, 3.05) is 18.0 Å². The monoisotopic (exact) mass is 321 g/mol. The molecule has 0 saturated carbocycles. The Balaban J connectivity index is 2.23. The van der Waals surface area contributed by atoms with Gasteiger partial charge < -0.3 is 14.6 Å². The van der Waals surface area contributed by atoms with E-state index in [-0.39, 0.29) is 6.54 Å². The molecule has 8 nitrogen and oxygen atoms in total. The highest BCUT2D eigenvalue weighted by Crippen LogP contribution is 2.23. The highest BCUT2D eigenvalue weighted by Gasteiger charge is 2.22. The van der Waals surface area contributed by atoms with Crippen molar-refractivity contribution in [1.29, 1.82) is 0 Å². The highest BCUT2D eigenvalue weighted by atomic mass is 16.3. The van der Waals surface area contributed by atoms with Gasteiger partial charge in [-0.3, -0.25) is 14.3 Å². The Morgan fingerprint density at radius 1 is 1.22 bits per heavy atom. The average Bonchev–Trinajstić information content (AvgIpc) is 2.69. The minimum absolute atomic E-state index is 0.267. The summed E-state index contributed by atoms with van der Waals surface area (Å²) in [6.07, 6.45) is 3.91. The fourth-order valence-corrected chi connectivity index (χ4v) is 3.17. The van der Waals surface area contributed by atoms with E-state index >= 15 is 0 Å². The minimum atomic E-state index is -0.616. The van der Waals surface area contributed by atoms with E-state index in [9.17, 15) is 14.7 Å². The topological polar surface area (TPSA) is 96.2 Å². The molecule has 0 aliphatic carbocycles. The van der Waals surface area contributed by atoms with Gasteiger partial charge in [-0.15, -0.1) is 0 Å². The molecule has 0 amide bonds. The lowest BCUT2D eigenvalue weighted by Crippen LogP contribution is -2.31. The van der Waals surface area contributed by atoms with Crippen LogP contribution in [0.1, 0.15) is 32.6 Å². The lowest BCUT2D eigenvalue weighted by Gasteiger charge is -2.23. The van der Waals surface area contributed by atoms with E-state index in [4.69, 9.17) is 0 Å². The van der Waals surface area contributed by atoms with Gasteiger partial charge in [-0.2, -0.15) is 4.98 Å². The zero-order valence-corrected chi connectivity index (χ0v) is 13.6. The number of nitrogens with zero attached hydrogens (tertiary/aromatic N) is 4. The number of aliphatic hydroxyl groups is 1. The second-order valence-corrected chi connectivity index (χ2v) is 6.26. The van der Waals surface area contributed by atoms with Crippen LogP contribution in [0.5, 0.6) is 0 Å². The first-order valence-electron chi connectivity index (χ1n) is 8.11. The lowest BCUT2D eigenvalue weighted by atomic mass is 10.2. The van der Waals surface area contributed by atoms with Crippen LogP contribution in [0.15, 0.2) is 9.59 Å². The van der Waals surface area contributed by atoms with Crippen LogP contribution < -0.4 is 16.1 Å². The molecule has 2 N–H and O–H groups in total. The number of H-pyrrole nitrogens is 1. The largest absolute Gasteiger partial charge is 0.392 e. The predicted octanol–water partition coefficient (Wildman–Crippen LogP) is 0.184. The summed E-state index contributed by atoms with van der Waals surface area (Å²) in [5.41, 5.74) is -0.241. The number of hydrogen-bond donors (Lipinski definition) is 2. The van der Waals surface area contributed by atoms with Gasteiger partial charge in [0.15, 0.2) is 11.2 Å². The average molecular weight is 321 g/mol. The van der Waals surface area contributed by atoms with Gasteiger partial charge in [-0.25, -0.2) is 4.79 Å². The summed E-state index contributed by atoms with van der Waals surface area (Å²) in [4.78, 5) is 33.2. The summed E-state index contributed by atoms with van der Waals surface area (Å²) < 4.78 is 3.08. The summed E-state index contributed by atoms with van der Waals surface area (Å²) in [5.74, 6) is 0.662. The van der Waals surface area contributed by atoms with Crippen LogP contribution in [0.4, 0.5) is 5.95 Å². The first-order valence-corrected chi connectivity index (χ1v) is 8.11. The van der Waals surface area contributed by atoms with Crippen molar-refractivity contribution in [3.05, 3.63) is 20.8 Å². The standard InChI is InChI=1S/C15H23N5O3/c1-10(21)9-20-11-12(18(2)15(23)17-13(11)22)16-14(20)19-7-5-3-4-6-8-19/h10,21H,3-9H2,1-2H3,(H,17,22,23)/t10-/m1/s1. The maximum Gasteiger partial charge on any atom is 0.329 e. The maximum atomic E-state index is 12.3. The van der Waals surface area contributed by atoms with Gasteiger partial charge in [0, 0.05) is 20.1 Å². The van der Waals surface area contributed by atoms with Crippen molar-refractivity contribution in [1.82, 2.24) is 19.1 Å². The number of aromatic amines is 1. The number of aryl methyl sites for hydroxylation is 1. The van der Waals surface area contributed by atoms with Crippen molar-refractivity contribution in [2.45, 2.75) is 45.3 Å². The predicted molar refractivity (Wildman–Crippen MR) is 88.0 cm³/mol. The lowest BCUT2D eigenvalue weighted by molar-refractivity contribution is 0.175. The molecule has 3 heterocycles. The minimum Gasteiger partial charge on any atom is -0.392 e. The number of rotatable bonds is 3. The Labute approximate surface area is 133 Å². The quantitative estimate of drug-likeness (QED) is 0.841. The number of aromatic nitrogens is 4. The number of fused-ring (bicyclic) bond motifs is 1.